The van der Waals surface area contributed by atoms with E-state index in [1.54, 1.807) is 5.01 Å². The van der Waals surface area contributed by atoms with Crippen LogP contribution in [0.5, 0.6) is 0 Å². The molecule has 0 atom stereocenters. The van der Waals surface area contributed by atoms with Gasteiger partial charge in [0, 0.05) is 5.56 Å². The zero-order valence-corrected chi connectivity index (χ0v) is 14.5. The van der Waals surface area contributed by atoms with Gasteiger partial charge in [0.15, 0.2) is 0 Å². The highest BCUT2D eigenvalue weighted by Gasteiger charge is 2.12. The summed E-state index contributed by atoms with van der Waals surface area (Å²) in [4.78, 5) is 0.629. The molecule has 0 saturated carbocycles. The topological polar surface area (TPSA) is 29.3 Å². The number of hydrogen-bond acceptors (Lipinski definition) is 2. The van der Waals surface area contributed by atoms with Crippen LogP contribution >= 0.6 is 12.2 Å². The zero-order valence-electron chi connectivity index (χ0n) is 13.6. The molecule has 0 saturated heterocycles. The molecule has 0 aliphatic rings. The van der Waals surface area contributed by atoms with Crippen molar-refractivity contribution in [1.29, 1.82) is 0 Å². The van der Waals surface area contributed by atoms with Gasteiger partial charge in [-0.05, 0) is 42.2 Å². The molecule has 0 bridgehead atoms. The van der Waals surface area contributed by atoms with Gasteiger partial charge < -0.3 is 0 Å². The minimum absolute atomic E-state index is 0.629. The predicted molar refractivity (Wildman–Crippen MR) is 105 cm³/mol. The van der Waals surface area contributed by atoms with E-state index in [1.807, 2.05) is 49.4 Å². The highest BCUT2D eigenvalue weighted by molar-refractivity contribution is 7.81. The first-order valence-corrected chi connectivity index (χ1v) is 8.33. The molecule has 2 N–H and O–H groups in total. The lowest BCUT2D eigenvalue weighted by Gasteiger charge is -2.21. The zero-order chi connectivity index (χ0) is 16.9. The molecule has 2 nitrogen and oxygen atoms in total. The van der Waals surface area contributed by atoms with E-state index in [0.717, 1.165) is 23.2 Å². The molecule has 3 aromatic rings. The summed E-state index contributed by atoms with van der Waals surface area (Å²) >= 11 is 5.55. The third kappa shape index (κ3) is 3.70. The molecule has 0 aromatic heterocycles. The third-order valence-corrected chi connectivity index (χ3v) is 4.48. The van der Waals surface area contributed by atoms with Crippen LogP contribution in [0.15, 0.2) is 78.9 Å². The SMILES string of the molecule is Cc1ccccc1C(=S)N(N)c1ccc(Cc2ccccc2)cc1. The van der Waals surface area contributed by atoms with Crippen molar-refractivity contribution in [2.75, 3.05) is 5.01 Å². The van der Waals surface area contributed by atoms with Gasteiger partial charge in [0.1, 0.15) is 4.99 Å². The van der Waals surface area contributed by atoms with Gasteiger partial charge in [0.25, 0.3) is 0 Å². The summed E-state index contributed by atoms with van der Waals surface area (Å²) in [5.74, 6) is 6.23. The average molecular weight is 332 g/mol. The number of anilines is 1. The van der Waals surface area contributed by atoms with Gasteiger partial charge in [-0.2, -0.15) is 0 Å². The molecule has 0 spiro atoms. The number of nitrogens with two attached hydrogens (primary N) is 1. The second-order valence-electron chi connectivity index (χ2n) is 5.82. The second-order valence-corrected chi connectivity index (χ2v) is 6.21. The van der Waals surface area contributed by atoms with E-state index >= 15 is 0 Å². The molecule has 0 radical (unpaired) electrons. The van der Waals surface area contributed by atoms with Gasteiger partial charge in [0.05, 0.1) is 5.69 Å². The van der Waals surface area contributed by atoms with Crippen molar-refractivity contribution in [3.63, 3.8) is 0 Å². The Bertz CT molecular complexity index is 826. The van der Waals surface area contributed by atoms with Gasteiger partial charge in [-0.15, -0.1) is 0 Å². The third-order valence-electron chi connectivity index (χ3n) is 4.06. The number of rotatable bonds is 4. The monoisotopic (exact) mass is 332 g/mol. The Morgan fingerprint density at radius 1 is 0.833 bits per heavy atom. The summed E-state index contributed by atoms with van der Waals surface area (Å²) < 4.78 is 0. The van der Waals surface area contributed by atoms with Crippen molar-refractivity contribution >= 4 is 22.9 Å². The summed E-state index contributed by atoms with van der Waals surface area (Å²) in [6.45, 7) is 2.04. The summed E-state index contributed by atoms with van der Waals surface area (Å²) in [5.41, 5.74) is 5.55. The van der Waals surface area contributed by atoms with Crippen LogP contribution in [0.25, 0.3) is 0 Å². The molecule has 0 heterocycles. The fourth-order valence-corrected chi connectivity index (χ4v) is 3.00. The first-order chi connectivity index (χ1) is 11.6. The van der Waals surface area contributed by atoms with Crippen molar-refractivity contribution in [1.82, 2.24) is 0 Å². The van der Waals surface area contributed by atoms with Crippen LogP contribution in [0.1, 0.15) is 22.3 Å². The van der Waals surface area contributed by atoms with E-state index in [-0.39, 0.29) is 0 Å². The number of hydrazine groups is 1. The Morgan fingerprint density at radius 2 is 1.42 bits per heavy atom. The van der Waals surface area contributed by atoms with Gasteiger partial charge in [-0.25, -0.2) is 5.84 Å². The molecule has 3 aromatic carbocycles. The summed E-state index contributed by atoms with van der Waals surface area (Å²) in [7, 11) is 0. The molecule has 0 unspecified atom stereocenters. The Morgan fingerprint density at radius 3 is 2.08 bits per heavy atom. The number of thiocarbonyl (C=S) groups is 1. The molecule has 0 aliphatic heterocycles. The molecule has 24 heavy (non-hydrogen) atoms. The summed E-state index contributed by atoms with van der Waals surface area (Å²) in [6, 6.07) is 26.7. The smallest absolute Gasteiger partial charge is 0.128 e. The van der Waals surface area contributed by atoms with Crippen molar-refractivity contribution < 1.29 is 0 Å². The number of nitrogens with zero attached hydrogens (tertiary/aromatic N) is 1. The van der Waals surface area contributed by atoms with Crippen molar-refractivity contribution in [2.24, 2.45) is 5.84 Å². The molecule has 0 aliphatic carbocycles. The minimum atomic E-state index is 0.629. The lowest BCUT2D eigenvalue weighted by atomic mass is 10.0. The molecular formula is C21H20N2S. The van der Waals surface area contributed by atoms with Crippen LogP contribution in [0.3, 0.4) is 0 Å². The Labute approximate surface area is 148 Å². The normalized spacial score (nSPS) is 10.4. The maximum absolute atomic E-state index is 6.23. The standard InChI is InChI=1S/C21H20N2S/c1-16-7-5-6-10-20(16)21(24)23(22)19-13-11-18(12-14-19)15-17-8-3-2-4-9-17/h2-14H,15,22H2,1H3. The number of hydrogen-bond donors (Lipinski definition) is 1. The lowest BCUT2D eigenvalue weighted by molar-refractivity contribution is 1.13. The quantitative estimate of drug-likeness (QED) is 0.429. The van der Waals surface area contributed by atoms with Gasteiger partial charge in [-0.1, -0.05) is 78.9 Å². The molecule has 0 fully saturated rings. The van der Waals surface area contributed by atoms with Gasteiger partial charge in [0.2, 0.25) is 0 Å². The Kier molecular flexibility index (Phi) is 5.04. The fourth-order valence-electron chi connectivity index (χ4n) is 2.67. The minimum Gasteiger partial charge on any atom is -0.268 e. The first-order valence-electron chi connectivity index (χ1n) is 7.93. The highest BCUT2D eigenvalue weighted by Crippen LogP contribution is 2.19. The van der Waals surface area contributed by atoms with E-state index in [2.05, 4.69) is 36.4 Å². The lowest BCUT2D eigenvalue weighted by Crippen LogP contribution is -2.37. The van der Waals surface area contributed by atoms with Crippen LogP contribution in [-0.2, 0) is 6.42 Å². The summed E-state index contributed by atoms with van der Waals surface area (Å²) in [6.07, 6.45) is 0.911. The van der Waals surface area contributed by atoms with E-state index < -0.39 is 0 Å². The van der Waals surface area contributed by atoms with E-state index in [1.165, 1.54) is 11.1 Å². The van der Waals surface area contributed by atoms with Crippen LogP contribution in [-0.4, -0.2) is 4.99 Å². The second kappa shape index (κ2) is 7.39. The van der Waals surface area contributed by atoms with Crippen molar-refractivity contribution in [3.05, 3.63) is 101 Å². The molecule has 3 rings (SSSR count). The summed E-state index contributed by atoms with van der Waals surface area (Å²) in [5, 5.41) is 1.57. The van der Waals surface area contributed by atoms with Gasteiger partial charge in [-0.3, -0.25) is 5.01 Å². The molecule has 120 valence electrons. The highest BCUT2D eigenvalue weighted by atomic mass is 32.1. The largest absolute Gasteiger partial charge is 0.268 e. The van der Waals surface area contributed by atoms with Crippen LogP contribution < -0.4 is 10.9 Å². The molecular weight excluding hydrogens is 312 g/mol. The number of benzene rings is 3. The van der Waals surface area contributed by atoms with Crippen LogP contribution in [0, 0.1) is 6.92 Å². The van der Waals surface area contributed by atoms with Crippen LogP contribution in [0.2, 0.25) is 0 Å². The maximum atomic E-state index is 6.23. The molecule has 3 heteroatoms. The van der Waals surface area contributed by atoms with Crippen molar-refractivity contribution in [2.45, 2.75) is 13.3 Å². The first kappa shape index (κ1) is 16.4. The average Bonchev–Trinajstić information content (AvgIpc) is 2.62. The Balaban J connectivity index is 1.75. The van der Waals surface area contributed by atoms with Crippen molar-refractivity contribution in [3.8, 4) is 0 Å². The number of aryl methyl sites for hydroxylation is 1. The molecule has 0 amide bonds. The van der Waals surface area contributed by atoms with Crippen LogP contribution in [0.4, 0.5) is 5.69 Å². The van der Waals surface area contributed by atoms with Gasteiger partial charge >= 0.3 is 0 Å². The van der Waals surface area contributed by atoms with E-state index in [0.29, 0.717) is 4.99 Å². The Hall–Kier alpha value is -2.49. The maximum Gasteiger partial charge on any atom is 0.128 e. The van der Waals surface area contributed by atoms with E-state index in [4.69, 9.17) is 18.1 Å². The van der Waals surface area contributed by atoms with E-state index in [9.17, 15) is 0 Å². The predicted octanol–water partition coefficient (Wildman–Crippen LogP) is 4.64. The fraction of sp³-hybridized carbons (Fsp3) is 0.0952.